The van der Waals surface area contributed by atoms with E-state index in [1.165, 1.54) is 0 Å². The number of anilines is 1. The predicted molar refractivity (Wildman–Crippen MR) is 84.7 cm³/mol. The average Bonchev–Trinajstić information content (AvgIpc) is 2.42. The number of aromatic nitrogens is 2. The summed E-state index contributed by atoms with van der Waals surface area (Å²) in [5.74, 6) is 8.41. The van der Waals surface area contributed by atoms with Gasteiger partial charge in [-0.3, -0.25) is 0 Å². The molecule has 0 atom stereocenters. The zero-order valence-corrected chi connectivity index (χ0v) is 13.2. The second-order valence-corrected chi connectivity index (χ2v) is 5.49. The van der Waals surface area contributed by atoms with Crippen molar-refractivity contribution >= 4 is 5.82 Å². The highest BCUT2D eigenvalue weighted by Crippen LogP contribution is 2.33. The summed E-state index contributed by atoms with van der Waals surface area (Å²) in [4.78, 5) is 8.62. The second-order valence-electron chi connectivity index (χ2n) is 5.49. The van der Waals surface area contributed by atoms with E-state index in [0.29, 0.717) is 23.4 Å². The van der Waals surface area contributed by atoms with Crippen LogP contribution in [0.5, 0.6) is 11.6 Å². The van der Waals surface area contributed by atoms with E-state index >= 15 is 0 Å². The molecule has 1 aromatic carbocycles. The number of nitrogen functional groups attached to an aromatic ring is 1. The van der Waals surface area contributed by atoms with Gasteiger partial charge in [0.25, 0.3) is 0 Å². The number of rotatable bonds is 4. The molecule has 0 aliphatic rings. The molecule has 0 aliphatic carbocycles. The quantitative estimate of drug-likeness (QED) is 0.663. The second kappa shape index (κ2) is 6.10. The Kier molecular flexibility index (Phi) is 4.43. The van der Waals surface area contributed by atoms with Crippen LogP contribution in [0, 0.1) is 20.8 Å². The van der Waals surface area contributed by atoms with E-state index in [2.05, 4.69) is 41.4 Å². The molecule has 0 saturated carbocycles. The molecule has 3 N–H and O–H groups in total. The van der Waals surface area contributed by atoms with Gasteiger partial charge in [0.2, 0.25) is 5.88 Å². The Bertz CT molecular complexity index is 653. The molecule has 1 aromatic heterocycles. The highest BCUT2D eigenvalue weighted by Gasteiger charge is 2.14. The molecule has 0 amide bonds. The lowest BCUT2D eigenvalue weighted by Gasteiger charge is -2.16. The summed E-state index contributed by atoms with van der Waals surface area (Å²) in [6, 6.07) is 6.22. The molecule has 0 spiro atoms. The maximum atomic E-state index is 6.06. The Balaban J connectivity index is 2.47. The molecule has 112 valence electrons. The van der Waals surface area contributed by atoms with Crippen molar-refractivity contribution in [2.24, 2.45) is 5.84 Å². The van der Waals surface area contributed by atoms with E-state index < -0.39 is 0 Å². The van der Waals surface area contributed by atoms with Gasteiger partial charge in [0.15, 0.2) is 0 Å². The monoisotopic (exact) mass is 286 g/mol. The SMILES string of the molecule is Cc1ccc(C(C)C)c(Oc2nc(C)nc(NN)c2C)c1. The van der Waals surface area contributed by atoms with Crippen molar-refractivity contribution in [3.05, 3.63) is 40.7 Å². The van der Waals surface area contributed by atoms with Crippen molar-refractivity contribution in [2.45, 2.75) is 40.5 Å². The molecular formula is C16H22N4O. The maximum Gasteiger partial charge on any atom is 0.227 e. The first-order chi connectivity index (χ1) is 9.92. The summed E-state index contributed by atoms with van der Waals surface area (Å²) in [6.45, 7) is 10.0. The first-order valence-electron chi connectivity index (χ1n) is 7.02. The van der Waals surface area contributed by atoms with E-state index in [1.54, 1.807) is 0 Å². The molecule has 5 nitrogen and oxygen atoms in total. The fourth-order valence-electron chi connectivity index (χ4n) is 2.15. The topological polar surface area (TPSA) is 73.1 Å². The number of hydrogen-bond acceptors (Lipinski definition) is 5. The van der Waals surface area contributed by atoms with Gasteiger partial charge in [0.05, 0.1) is 5.56 Å². The largest absolute Gasteiger partial charge is 0.438 e. The Morgan fingerprint density at radius 1 is 1.14 bits per heavy atom. The van der Waals surface area contributed by atoms with Gasteiger partial charge in [0, 0.05) is 0 Å². The number of hydrazine groups is 1. The smallest absolute Gasteiger partial charge is 0.227 e. The number of nitrogens with two attached hydrogens (primary N) is 1. The lowest BCUT2D eigenvalue weighted by atomic mass is 10.0. The molecule has 0 fully saturated rings. The van der Waals surface area contributed by atoms with Gasteiger partial charge in [-0.2, -0.15) is 4.98 Å². The third-order valence-electron chi connectivity index (χ3n) is 3.35. The van der Waals surface area contributed by atoms with Crippen LogP contribution in [-0.2, 0) is 0 Å². The Morgan fingerprint density at radius 2 is 1.86 bits per heavy atom. The van der Waals surface area contributed by atoms with Crippen molar-refractivity contribution < 1.29 is 4.74 Å². The van der Waals surface area contributed by atoms with Gasteiger partial charge in [-0.15, -0.1) is 0 Å². The Morgan fingerprint density at radius 3 is 2.48 bits per heavy atom. The van der Waals surface area contributed by atoms with Gasteiger partial charge in [-0.1, -0.05) is 26.0 Å². The fourth-order valence-corrected chi connectivity index (χ4v) is 2.15. The van der Waals surface area contributed by atoms with Crippen molar-refractivity contribution in [2.75, 3.05) is 5.43 Å². The van der Waals surface area contributed by atoms with Crippen LogP contribution in [-0.4, -0.2) is 9.97 Å². The molecule has 21 heavy (non-hydrogen) atoms. The van der Waals surface area contributed by atoms with Crippen molar-refractivity contribution in [1.82, 2.24) is 9.97 Å². The maximum absolute atomic E-state index is 6.06. The molecule has 0 saturated heterocycles. The number of nitrogens with zero attached hydrogens (tertiary/aromatic N) is 2. The van der Waals surface area contributed by atoms with Crippen LogP contribution in [0.3, 0.4) is 0 Å². The molecule has 0 unspecified atom stereocenters. The van der Waals surface area contributed by atoms with E-state index in [9.17, 15) is 0 Å². The number of ether oxygens (including phenoxy) is 1. The minimum Gasteiger partial charge on any atom is -0.438 e. The Labute approximate surface area is 125 Å². The normalized spacial score (nSPS) is 10.8. The molecule has 0 bridgehead atoms. The van der Waals surface area contributed by atoms with Crippen LogP contribution in [0.4, 0.5) is 5.82 Å². The van der Waals surface area contributed by atoms with Gasteiger partial charge in [-0.05, 0) is 43.9 Å². The summed E-state index contributed by atoms with van der Waals surface area (Å²) in [5, 5.41) is 0. The fraction of sp³-hybridized carbons (Fsp3) is 0.375. The van der Waals surface area contributed by atoms with Gasteiger partial charge >= 0.3 is 0 Å². The van der Waals surface area contributed by atoms with Crippen LogP contribution >= 0.6 is 0 Å². The van der Waals surface area contributed by atoms with Gasteiger partial charge in [0.1, 0.15) is 17.4 Å². The molecule has 2 rings (SSSR count). The minimum atomic E-state index is 0.371. The minimum absolute atomic E-state index is 0.371. The van der Waals surface area contributed by atoms with Gasteiger partial charge < -0.3 is 10.2 Å². The van der Waals surface area contributed by atoms with E-state index in [-0.39, 0.29) is 0 Å². The van der Waals surface area contributed by atoms with Crippen molar-refractivity contribution in [3.63, 3.8) is 0 Å². The van der Waals surface area contributed by atoms with E-state index in [0.717, 1.165) is 22.4 Å². The molecule has 0 aliphatic heterocycles. The molecule has 1 heterocycles. The zero-order chi connectivity index (χ0) is 15.6. The summed E-state index contributed by atoms with van der Waals surface area (Å²) in [5.41, 5.74) is 5.67. The van der Waals surface area contributed by atoms with Gasteiger partial charge in [-0.25, -0.2) is 10.8 Å². The molecule has 5 heteroatoms. The van der Waals surface area contributed by atoms with Crippen LogP contribution in [0.2, 0.25) is 0 Å². The lowest BCUT2D eigenvalue weighted by molar-refractivity contribution is 0.447. The highest BCUT2D eigenvalue weighted by atomic mass is 16.5. The number of benzene rings is 1. The third kappa shape index (κ3) is 3.31. The molecule has 2 aromatic rings. The summed E-state index contributed by atoms with van der Waals surface area (Å²) < 4.78 is 6.06. The van der Waals surface area contributed by atoms with Crippen LogP contribution < -0.4 is 16.0 Å². The van der Waals surface area contributed by atoms with Crippen LogP contribution in [0.25, 0.3) is 0 Å². The van der Waals surface area contributed by atoms with Crippen molar-refractivity contribution in [3.8, 4) is 11.6 Å². The number of hydrogen-bond donors (Lipinski definition) is 2. The third-order valence-corrected chi connectivity index (χ3v) is 3.35. The Hall–Kier alpha value is -2.14. The summed E-state index contributed by atoms with van der Waals surface area (Å²) in [7, 11) is 0. The standard InChI is InChI=1S/C16H22N4O/c1-9(2)13-7-6-10(3)8-14(13)21-16-11(4)15(20-17)18-12(5)19-16/h6-9H,17H2,1-5H3,(H,18,19,20). The zero-order valence-electron chi connectivity index (χ0n) is 13.2. The van der Waals surface area contributed by atoms with E-state index in [1.807, 2.05) is 26.8 Å². The molecule has 0 radical (unpaired) electrons. The molecular weight excluding hydrogens is 264 g/mol. The van der Waals surface area contributed by atoms with Crippen molar-refractivity contribution in [1.29, 1.82) is 0 Å². The average molecular weight is 286 g/mol. The summed E-state index contributed by atoms with van der Waals surface area (Å²) >= 11 is 0. The van der Waals surface area contributed by atoms with Crippen LogP contribution in [0.15, 0.2) is 18.2 Å². The lowest BCUT2D eigenvalue weighted by Crippen LogP contribution is -2.12. The first kappa shape index (κ1) is 15.3. The number of nitrogens with one attached hydrogen (secondary N) is 1. The van der Waals surface area contributed by atoms with E-state index in [4.69, 9.17) is 10.6 Å². The highest BCUT2D eigenvalue weighted by molar-refractivity contribution is 5.50. The first-order valence-corrected chi connectivity index (χ1v) is 7.02. The van der Waals surface area contributed by atoms with Crippen LogP contribution in [0.1, 0.15) is 42.3 Å². The predicted octanol–water partition coefficient (Wildman–Crippen LogP) is 3.60. The number of aryl methyl sites for hydroxylation is 2. The summed E-state index contributed by atoms with van der Waals surface area (Å²) in [6.07, 6.45) is 0.